The third kappa shape index (κ3) is 73.5. The molecule has 8 heteroatoms. The van der Waals surface area contributed by atoms with Crippen molar-refractivity contribution in [1.82, 2.24) is 0 Å². The molecule has 0 saturated heterocycles. The molecular formula is C83H122N2O6. The topological polar surface area (TPSA) is 131 Å². The first-order valence-corrected chi connectivity index (χ1v) is 34.6. The molecule has 0 rings (SSSR count). The van der Waals surface area contributed by atoms with Crippen molar-refractivity contribution in [1.29, 1.82) is 0 Å². The number of hydrogen-bond donors (Lipinski definition) is 2. The molecule has 0 aromatic heterocycles. The summed E-state index contributed by atoms with van der Waals surface area (Å²) in [4.78, 5) is 36.1. The van der Waals surface area contributed by atoms with Gasteiger partial charge < -0.3 is 25.7 Å². The van der Waals surface area contributed by atoms with Crippen LogP contribution in [0.15, 0.2) is 255 Å². The average molecular weight is 1240 g/mol. The van der Waals surface area contributed by atoms with E-state index in [1.807, 2.05) is 6.08 Å². The predicted octanol–water partition coefficient (Wildman–Crippen LogP) is 22.1. The number of nitrogens with two attached hydrogens (primary N) is 2. The van der Waals surface area contributed by atoms with Crippen LogP contribution in [-0.2, 0) is 28.6 Å². The minimum atomic E-state index is -0.885. The fraction of sp³-hybridized carbons (Fsp3) is 0.458. The molecule has 91 heavy (non-hydrogen) atoms. The van der Waals surface area contributed by atoms with Gasteiger partial charge in [-0.1, -0.05) is 262 Å². The molecule has 1 unspecified atom stereocenters. The Morgan fingerprint density at radius 3 is 0.692 bits per heavy atom. The van der Waals surface area contributed by atoms with E-state index >= 15 is 0 Å². The van der Waals surface area contributed by atoms with Gasteiger partial charge in [0, 0.05) is 12.8 Å². The maximum absolute atomic E-state index is 12.2. The Balaban J connectivity index is 3.76. The van der Waals surface area contributed by atoms with E-state index in [-0.39, 0.29) is 32.5 Å². The molecule has 0 aliphatic heterocycles. The summed E-state index contributed by atoms with van der Waals surface area (Å²) in [7, 11) is 0. The molecule has 500 valence electrons. The number of rotatable bonds is 60. The monoisotopic (exact) mass is 1240 g/mol. The molecule has 0 spiro atoms. The second-order valence-corrected chi connectivity index (χ2v) is 21.5. The summed E-state index contributed by atoms with van der Waals surface area (Å²) in [6.07, 6.45) is 122. The summed E-state index contributed by atoms with van der Waals surface area (Å²) >= 11 is 0. The van der Waals surface area contributed by atoms with E-state index in [1.165, 1.54) is 0 Å². The largest absolute Gasteiger partial charge is 0.462 e. The highest BCUT2D eigenvalue weighted by atomic mass is 16.6. The van der Waals surface area contributed by atoms with Gasteiger partial charge >= 0.3 is 17.9 Å². The lowest BCUT2D eigenvalue weighted by Crippen LogP contribution is -2.31. The predicted molar refractivity (Wildman–Crippen MR) is 395 cm³/mol. The average Bonchev–Trinajstić information content (AvgIpc) is 3.73. The van der Waals surface area contributed by atoms with Gasteiger partial charge in [0.15, 0.2) is 6.10 Å². The van der Waals surface area contributed by atoms with Gasteiger partial charge in [-0.25, -0.2) is 0 Å². The number of hydrogen-bond acceptors (Lipinski definition) is 8. The van der Waals surface area contributed by atoms with E-state index in [0.717, 1.165) is 167 Å². The zero-order chi connectivity index (χ0) is 65.6. The third-order valence-electron chi connectivity index (χ3n) is 13.2. The molecule has 0 aliphatic rings. The van der Waals surface area contributed by atoms with Gasteiger partial charge in [-0.05, 0) is 199 Å². The van der Waals surface area contributed by atoms with Crippen molar-refractivity contribution in [3.8, 4) is 0 Å². The van der Waals surface area contributed by atoms with Crippen LogP contribution < -0.4 is 11.5 Å². The number of esters is 3. The van der Waals surface area contributed by atoms with Crippen molar-refractivity contribution < 1.29 is 28.6 Å². The number of allylic oxidation sites excluding steroid dienone is 41. The van der Waals surface area contributed by atoms with Crippen LogP contribution in [0.1, 0.15) is 212 Å². The van der Waals surface area contributed by atoms with Crippen molar-refractivity contribution in [2.24, 2.45) is 11.5 Å². The quantitative estimate of drug-likeness (QED) is 0.0266. The summed E-state index contributed by atoms with van der Waals surface area (Å²) in [5.41, 5.74) is 10.9. The summed E-state index contributed by atoms with van der Waals surface area (Å²) in [5.74, 6) is -1.40. The Labute approximate surface area is 555 Å². The first-order valence-electron chi connectivity index (χ1n) is 34.6. The van der Waals surface area contributed by atoms with Crippen LogP contribution >= 0.6 is 0 Å². The normalized spacial score (nSPS) is 13.7. The van der Waals surface area contributed by atoms with E-state index in [2.05, 4.69) is 250 Å². The summed E-state index contributed by atoms with van der Waals surface area (Å²) < 4.78 is 15.8. The van der Waals surface area contributed by atoms with E-state index in [1.54, 1.807) is 6.08 Å². The lowest BCUT2D eigenvalue weighted by Gasteiger charge is -2.18. The van der Waals surface area contributed by atoms with Gasteiger partial charge in [0.25, 0.3) is 0 Å². The van der Waals surface area contributed by atoms with Gasteiger partial charge in [0.2, 0.25) is 0 Å². The third-order valence-corrected chi connectivity index (χ3v) is 13.2. The second kappa shape index (κ2) is 75.3. The highest BCUT2D eigenvalue weighted by Gasteiger charge is 2.19. The number of carbonyl (C=O) groups is 3. The van der Waals surface area contributed by atoms with Crippen LogP contribution in [0.25, 0.3) is 0 Å². The first kappa shape index (κ1) is 83.9. The van der Waals surface area contributed by atoms with Gasteiger partial charge in [0.05, 0.1) is 6.42 Å². The lowest BCUT2D eigenvalue weighted by atomic mass is 10.2. The molecule has 0 aliphatic carbocycles. The van der Waals surface area contributed by atoms with Crippen LogP contribution in [0.3, 0.4) is 0 Å². The van der Waals surface area contributed by atoms with E-state index in [9.17, 15) is 14.4 Å². The Hall–Kier alpha value is -7.13. The van der Waals surface area contributed by atoms with Crippen molar-refractivity contribution in [2.75, 3.05) is 26.3 Å². The van der Waals surface area contributed by atoms with Gasteiger partial charge in [0.1, 0.15) is 13.2 Å². The smallest absolute Gasteiger partial charge is 0.309 e. The lowest BCUT2D eigenvalue weighted by molar-refractivity contribution is -0.166. The standard InChI is InChI=1S/C83H122N2O6/c1-2-3-4-5-6-7-8-9-10-11-12-13-14-15-16-17-18-19-20-21-22-23-24-25-26-27-28-29-30-31-32-33-34-35-36-37-38-39-40-41-42-43-44-45-46-47-48-49-50-51-52-53-54-55-56-57-58-59-60-61-62-63-64-65-66-67-68-69-70-73-81(86)89-78-80(91-83(88)75-72-77-85)79-90-82(87)74-71-76-84/h3-4,6-7,9-10,13-14,16-17,19-20,23-24,26-27,29-30,33-34,36-37,39-40,43-44,46-47,49-50,53-54,56-57,59-60,63-64,66-67,69-70,80H,2,5,8,11-12,15,18,21-22,25,28,31-32,35,38,41-42,45,48,51-52,55,58,61-62,65,68,71-79,84-85H2,1H3/b4-3+,7-6+,10-9+,14-13+,17-16+,20-19+,24-23-,27-26+,30-29+,34-33+,37-36+,40-39+,44-43+,47-46+,50-49+,54-53-,57-56+,60-59+,64-63+,67-66+,70-69+. The number of unbranched alkanes of at least 4 members (excludes halogenated alkanes) is 6. The Morgan fingerprint density at radius 2 is 0.462 bits per heavy atom. The Kier molecular flexibility index (Phi) is 69.4. The molecular weight excluding hydrogens is 1120 g/mol. The highest BCUT2D eigenvalue weighted by molar-refractivity contribution is 5.72. The van der Waals surface area contributed by atoms with Crippen molar-refractivity contribution >= 4 is 17.9 Å². The Bertz CT molecular complexity index is 2380. The van der Waals surface area contributed by atoms with Crippen LogP contribution in [0, 0.1) is 0 Å². The zero-order valence-corrected chi connectivity index (χ0v) is 56.4. The molecule has 1 atom stereocenters. The highest BCUT2D eigenvalue weighted by Crippen LogP contribution is 2.08. The maximum Gasteiger partial charge on any atom is 0.309 e. The minimum absolute atomic E-state index is 0.0851. The van der Waals surface area contributed by atoms with Crippen LogP contribution in [0.5, 0.6) is 0 Å². The van der Waals surface area contributed by atoms with Crippen LogP contribution in [0.4, 0.5) is 0 Å². The molecule has 0 aromatic rings. The summed E-state index contributed by atoms with van der Waals surface area (Å²) in [6, 6.07) is 0. The number of ether oxygens (including phenoxy) is 3. The molecule has 0 radical (unpaired) electrons. The number of carbonyl (C=O) groups excluding carboxylic acids is 3. The van der Waals surface area contributed by atoms with Gasteiger partial charge in [-0.3, -0.25) is 14.4 Å². The van der Waals surface area contributed by atoms with Gasteiger partial charge in [-0.2, -0.15) is 0 Å². The zero-order valence-electron chi connectivity index (χ0n) is 56.4. The van der Waals surface area contributed by atoms with Crippen molar-refractivity contribution in [3.63, 3.8) is 0 Å². The molecule has 0 bridgehead atoms. The molecule has 0 aromatic carbocycles. The molecule has 8 nitrogen and oxygen atoms in total. The molecule has 0 heterocycles. The minimum Gasteiger partial charge on any atom is -0.462 e. The molecule has 4 N–H and O–H groups in total. The van der Waals surface area contributed by atoms with Crippen molar-refractivity contribution in [2.45, 2.75) is 218 Å². The molecule has 0 amide bonds. The molecule has 0 saturated carbocycles. The Morgan fingerprint density at radius 1 is 0.264 bits per heavy atom. The first-order chi connectivity index (χ1) is 45.0. The maximum atomic E-state index is 12.2. The van der Waals surface area contributed by atoms with Crippen LogP contribution in [0.2, 0.25) is 0 Å². The molecule has 0 fully saturated rings. The van der Waals surface area contributed by atoms with E-state index in [0.29, 0.717) is 32.4 Å². The SMILES string of the molecule is CC/C=C/C/C=C/C/C=C/CC/C=C/C/C=C/C/C=C/CC/C=C\C/C=C/C/C=C/CC/C=C/C/C=C/C/C=C/CC/C=C/C/C=C/C/C=C/CC/C=C\C/C=C/C/C=C/CC/C=C/C/C=C/C/C=C/CC(=O)OCC(COC(=O)CCCN)OC(=O)CCCN. The van der Waals surface area contributed by atoms with E-state index in [4.69, 9.17) is 25.7 Å². The van der Waals surface area contributed by atoms with Gasteiger partial charge in [-0.15, -0.1) is 0 Å². The summed E-state index contributed by atoms with van der Waals surface area (Å²) in [5, 5.41) is 0. The summed E-state index contributed by atoms with van der Waals surface area (Å²) in [6.45, 7) is 2.49. The van der Waals surface area contributed by atoms with Crippen LogP contribution in [-0.4, -0.2) is 50.3 Å². The van der Waals surface area contributed by atoms with Crippen molar-refractivity contribution in [3.05, 3.63) is 255 Å². The van der Waals surface area contributed by atoms with E-state index < -0.39 is 24.0 Å². The second-order valence-electron chi connectivity index (χ2n) is 21.5. The fourth-order valence-corrected chi connectivity index (χ4v) is 8.07. The fourth-order valence-electron chi connectivity index (χ4n) is 8.07.